The summed E-state index contributed by atoms with van der Waals surface area (Å²) in [6.45, 7) is 0.268. The smallest absolute Gasteiger partial charge is 0.243 e. The second-order valence-corrected chi connectivity index (χ2v) is 7.25. The average Bonchev–Trinajstić information content (AvgIpc) is 2.41. The first-order valence-electron chi connectivity index (χ1n) is 5.90. The van der Waals surface area contributed by atoms with Gasteiger partial charge in [0, 0.05) is 18.1 Å². The van der Waals surface area contributed by atoms with Gasteiger partial charge in [0.05, 0.1) is 4.90 Å². The molecule has 0 aliphatic rings. The Bertz CT molecular complexity index is 699. The van der Waals surface area contributed by atoms with Gasteiger partial charge in [0.25, 0.3) is 0 Å². The lowest BCUT2D eigenvalue weighted by Crippen LogP contribution is -2.26. The summed E-state index contributed by atoms with van der Waals surface area (Å²) in [4.78, 5) is 0.157. The maximum absolute atomic E-state index is 12.4. The van der Waals surface area contributed by atoms with Crippen LogP contribution in [0.5, 0.6) is 5.75 Å². The van der Waals surface area contributed by atoms with Crippen LogP contribution in [0.3, 0.4) is 0 Å². The molecule has 0 saturated heterocycles. The molecule has 0 amide bonds. The van der Waals surface area contributed by atoms with E-state index >= 15 is 0 Å². The number of rotatable bonds is 4. The van der Waals surface area contributed by atoms with E-state index in [1.807, 2.05) is 24.3 Å². The molecule has 20 heavy (non-hydrogen) atoms. The van der Waals surface area contributed by atoms with Crippen molar-refractivity contribution in [3.63, 3.8) is 0 Å². The normalized spacial score (nSPS) is 11.8. The number of aromatic hydroxyl groups is 1. The van der Waals surface area contributed by atoms with Gasteiger partial charge in [0.2, 0.25) is 10.0 Å². The van der Waals surface area contributed by atoms with Crippen LogP contribution in [-0.4, -0.2) is 24.9 Å². The summed E-state index contributed by atoms with van der Waals surface area (Å²) >= 11 is 3.40. The Morgan fingerprint density at radius 1 is 1.10 bits per heavy atom. The van der Waals surface area contributed by atoms with Gasteiger partial charge >= 0.3 is 0 Å². The van der Waals surface area contributed by atoms with E-state index in [0.29, 0.717) is 0 Å². The molecule has 0 aliphatic carbocycles. The first kappa shape index (κ1) is 15.0. The Hall–Kier alpha value is -1.37. The van der Waals surface area contributed by atoms with E-state index in [0.717, 1.165) is 10.0 Å². The van der Waals surface area contributed by atoms with Gasteiger partial charge in [0.15, 0.2) is 0 Å². The van der Waals surface area contributed by atoms with Gasteiger partial charge in [-0.3, -0.25) is 0 Å². The number of hydrogen-bond acceptors (Lipinski definition) is 3. The molecular weight excluding hydrogens is 342 g/mol. The molecule has 0 unspecified atom stereocenters. The fourth-order valence-corrected chi connectivity index (χ4v) is 3.31. The summed E-state index contributed by atoms with van der Waals surface area (Å²) in [5.41, 5.74) is 0.886. The van der Waals surface area contributed by atoms with Crippen molar-refractivity contribution in [1.29, 1.82) is 0 Å². The molecule has 2 aromatic rings. The lowest BCUT2D eigenvalue weighted by molar-refractivity contribution is 0.464. The minimum absolute atomic E-state index is 0.0393. The van der Waals surface area contributed by atoms with Crippen molar-refractivity contribution >= 4 is 26.0 Å². The summed E-state index contributed by atoms with van der Waals surface area (Å²) in [6.07, 6.45) is 0. The summed E-state index contributed by atoms with van der Waals surface area (Å²) in [6, 6.07) is 13.0. The maximum Gasteiger partial charge on any atom is 0.243 e. The third kappa shape index (κ3) is 3.20. The van der Waals surface area contributed by atoms with E-state index in [2.05, 4.69) is 15.9 Å². The van der Waals surface area contributed by atoms with E-state index in [1.54, 1.807) is 0 Å². The molecule has 0 spiro atoms. The van der Waals surface area contributed by atoms with Crippen molar-refractivity contribution in [2.24, 2.45) is 0 Å². The molecule has 2 aromatic carbocycles. The van der Waals surface area contributed by atoms with Crippen molar-refractivity contribution in [2.75, 3.05) is 7.05 Å². The molecule has 0 heterocycles. The Morgan fingerprint density at radius 3 is 2.30 bits per heavy atom. The van der Waals surface area contributed by atoms with Gasteiger partial charge in [-0.05, 0) is 35.9 Å². The quantitative estimate of drug-likeness (QED) is 0.916. The summed E-state index contributed by atoms with van der Waals surface area (Å²) < 4.78 is 26.9. The molecule has 0 fully saturated rings. The van der Waals surface area contributed by atoms with Gasteiger partial charge < -0.3 is 5.11 Å². The fourth-order valence-electron chi connectivity index (χ4n) is 1.75. The summed E-state index contributed by atoms with van der Waals surface area (Å²) in [5.74, 6) is 0.0393. The number of halogens is 1. The van der Waals surface area contributed by atoms with Gasteiger partial charge in [-0.1, -0.05) is 34.1 Å². The Kier molecular flexibility index (Phi) is 4.47. The first-order chi connectivity index (χ1) is 9.41. The highest BCUT2D eigenvalue weighted by Gasteiger charge is 2.21. The molecule has 0 radical (unpaired) electrons. The molecule has 0 saturated carbocycles. The standard InChI is InChI=1S/C14H14BrNO3S/c1-16(10-11-4-2-3-5-14(11)15)20(18,19)13-8-6-12(17)7-9-13/h2-9,17H,10H2,1H3. The lowest BCUT2D eigenvalue weighted by Gasteiger charge is -2.18. The summed E-state index contributed by atoms with van der Waals surface area (Å²) in [5, 5.41) is 9.22. The van der Waals surface area contributed by atoms with Crippen molar-refractivity contribution in [2.45, 2.75) is 11.4 Å². The van der Waals surface area contributed by atoms with E-state index < -0.39 is 10.0 Å². The van der Waals surface area contributed by atoms with Gasteiger partial charge in [-0.25, -0.2) is 8.42 Å². The molecule has 4 nitrogen and oxygen atoms in total. The number of benzene rings is 2. The predicted octanol–water partition coefficient (Wildman–Crippen LogP) is 2.98. The minimum Gasteiger partial charge on any atom is -0.508 e. The van der Waals surface area contributed by atoms with Crippen LogP contribution in [0.4, 0.5) is 0 Å². The molecule has 2 rings (SSSR count). The first-order valence-corrected chi connectivity index (χ1v) is 8.13. The predicted molar refractivity (Wildman–Crippen MR) is 80.9 cm³/mol. The van der Waals surface area contributed by atoms with Crippen molar-refractivity contribution in [1.82, 2.24) is 4.31 Å². The highest BCUT2D eigenvalue weighted by atomic mass is 79.9. The largest absolute Gasteiger partial charge is 0.508 e. The van der Waals surface area contributed by atoms with Crippen LogP contribution in [0.1, 0.15) is 5.56 Å². The number of phenols is 1. The average molecular weight is 356 g/mol. The van der Waals surface area contributed by atoms with E-state index in [-0.39, 0.29) is 17.2 Å². The molecule has 106 valence electrons. The highest BCUT2D eigenvalue weighted by Crippen LogP contribution is 2.22. The summed E-state index contributed by atoms with van der Waals surface area (Å²) in [7, 11) is -2.04. The van der Waals surface area contributed by atoms with Crippen LogP contribution in [0.2, 0.25) is 0 Å². The van der Waals surface area contributed by atoms with Gasteiger partial charge in [0.1, 0.15) is 5.75 Å². The van der Waals surface area contributed by atoms with Crippen LogP contribution < -0.4 is 0 Å². The third-order valence-corrected chi connectivity index (χ3v) is 5.49. The molecule has 1 N–H and O–H groups in total. The third-order valence-electron chi connectivity index (χ3n) is 2.90. The number of phenolic OH excluding ortho intramolecular Hbond substituents is 1. The van der Waals surface area contributed by atoms with Crippen LogP contribution in [0.15, 0.2) is 57.9 Å². The van der Waals surface area contributed by atoms with Crippen molar-refractivity contribution in [3.8, 4) is 5.75 Å². The van der Waals surface area contributed by atoms with Crippen LogP contribution in [0, 0.1) is 0 Å². The minimum atomic E-state index is -3.57. The molecule has 0 aromatic heterocycles. The van der Waals surface area contributed by atoms with Crippen molar-refractivity contribution < 1.29 is 13.5 Å². The fraction of sp³-hybridized carbons (Fsp3) is 0.143. The van der Waals surface area contributed by atoms with Crippen molar-refractivity contribution in [3.05, 3.63) is 58.6 Å². The molecule has 0 aliphatic heterocycles. The van der Waals surface area contributed by atoms with E-state index in [9.17, 15) is 13.5 Å². The number of nitrogens with zero attached hydrogens (tertiary/aromatic N) is 1. The molecule has 0 atom stereocenters. The van der Waals surface area contributed by atoms with E-state index in [1.165, 1.54) is 35.6 Å². The molecule has 6 heteroatoms. The molecular formula is C14H14BrNO3S. The second kappa shape index (κ2) is 5.95. The van der Waals surface area contributed by atoms with Crippen LogP contribution in [0.25, 0.3) is 0 Å². The second-order valence-electron chi connectivity index (χ2n) is 4.35. The van der Waals surface area contributed by atoms with Crippen LogP contribution in [-0.2, 0) is 16.6 Å². The van der Waals surface area contributed by atoms with Gasteiger partial charge in [-0.2, -0.15) is 4.31 Å². The molecule has 0 bridgehead atoms. The SMILES string of the molecule is CN(Cc1ccccc1Br)S(=O)(=O)c1ccc(O)cc1. The Balaban J connectivity index is 2.26. The zero-order valence-corrected chi connectivity index (χ0v) is 13.2. The monoisotopic (exact) mass is 355 g/mol. The Labute approximate surface area is 126 Å². The maximum atomic E-state index is 12.4. The topological polar surface area (TPSA) is 57.6 Å². The zero-order valence-electron chi connectivity index (χ0n) is 10.8. The van der Waals surface area contributed by atoms with Gasteiger partial charge in [-0.15, -0.1) is 0 Å². The van der Waals surface area contributed by atoms with E-state index in [4.69, 9.17) is 0 Å². The highest BCUT2D eigenvalue weighted by molar-refractivity contribution is 9.10. The Morgan fingerprint density at radius 2 is 1.70 bits per heavy atom. The van der Waals surface area contributed by atoms with Crippen LogP contribution >= 0.6 is 15.9 Å². The zero-order chi connectivity index (χ0) is 14.8. The number of hydrogen-bond donors (Lipinski definition) is 1. The number of sulfonamides is 1. The lowest BCUT2D eigenvalue weighted by atomic mass is 10.2.